The van der Waals surface area contributed by atoms with Crippen molar-refractivity contribution in [3.63, 3.8) is 0 Å². The SMILES string of the molecule is COc1cc(NC(=O)NCCNc2ccc(-n3nc(C)c(C)c3C)nn2)cc(OC)c1OC. The zero-order chi connectivity index (χ0) is 24.0. The van der Waals surface area contributed by atoms with E-state index in [0.29, 0.717) is 47.7 Å². The van der Waals surface area contributed by atoms with Crippen LogP contribution >= 0.6 is 0 Å². The molecule has 0 unspecified atom stereocenters. The molecule has 0 saturated heterocycles. The topological polar surface area (TPSA) is 124 Å². The van der Waals surface area contributed by atoms with Gasteiger partial charge in [0, 0.05) is 30.9 Å². The minimum Gasteiger partial charge on any atom is -0.493 e. The summed E-state index contributed by atoms with van der Waals surface area (Å²) in [6.07, 6.45) is 0. The smallest absolute Gasteiger partial charge is 0.319 e. The van der Waals surface area contributed by atoms with Gasteiger partial charge in [-0.15, -0.1) is 10.2 Å². The molecule has 0 atom stereocenters. The number of rotatable bonds is 9. The number of carbonyl (C=O) groups is 1. The summed E-state index contributed by atoms with van der Waals surface area (Å²) < 4.78 is 17.6. The number of carbonyl (C=O) groups excluding carboxylic acids is 1. The number of nitrogens with one attached hydrogen (secondary N) is 3. The van der Waals surface area contributed by atoms with Gasteiger partial charge in [-0.3, -0.25) is 0 Å². The van der Waals surface area contributed by atoms with Crippen LogP contribution in [-0.4, -0.2) is 60.4 Å². The normalized spacial score (nSPS) is 10.5. The average molecular weight is 456 g/mol. The van der Waals surface area contributed by atoms with Crippen LogP contribution in [-0.2, 0) is 0 Å². The molecule has 0 saturated carbocycles. The third-order valence-corrected chi connectivity index (χ3v) is 5.16. The lowest BCUT2D eigenvalue weighted by atomic mass is 10.2. The summed E-state index contributed by atoms with van der Waals surface area (Å²) >= 11 is 0. The molecule has 3 N–H and O–H groups in total. The molecule has 1 aromatic carbocycles. The molecule has 0 aliphatic carbocycles. The van der Waals surface area contributed by atoms with E-state index in [1.54, 1.807) is 16.8 Å². The number of methoxy groups -OCH3 is 3. The molecule has 33 heavy (non-hydrogen) atoms. The van der Waals surface area contributed by atoms with Crippen molar-refractivity contribution in [2.24, 2.45) is 0 Å². The van der Waals surface area contributed by atoms with E-state index in [1.165, 1.54) is 21.3 Å². The second-order valence-corrected chi connectivity index (χ2v) is 7.21. The van der Waals surface area contributed by atoms with Crippen LogP contribution in [0.15, 0.2) is 24.3 Å². The largest absolute Gasteiger partial charge is 0.493 e. The van der Waals surface area contributed by atoms with Crippen LogP contribution in [0.1, 0.15) is 17.0 Å². The second-order valence-electron chi connectivity index (χ2n) is 7.21. The van der Waals surface area contributed by atoms with Gasteiger partial charge in [0.2, 0.25) is 5.75 Å². The molecule has 0 fully saturated rings. The number of aryl methyl sites for hydroxylation is 1. The van der Waals surface area contributed by atoms with Gasteiger partial charge in [0.25, 0.3) is 0 Å². The fourth-order valence-electron chi connectivity index (χ4n) is 3.17. The highest BCUT2D eigenvalue weighted by Gasteiger charge is 2.14. The molecular weight excluding hydrogens is 426 g/mol. The van der Waals surface area contributed by atoms with Gasteiger partial charge in [0.1, 0.15) is 5.82 Å². The Bertz CT molecular complexity index is 1090. The summed E-state index contributed by atoms with van der Waals surface area (Å²) in [7, 11) is 4.55. The predicted octanol–water partition coefficient (Wildman–Crippen LogP) is 2.85. The van der Waals surface area contributed by atoms with Gasteiger partial charge in [-0.1, -0.05) is 0 Å². The van der Waals surface area contributed by atoms with Crippen LogP contribution in [0, 0.1) is 20.8 Å². The number of aromatic nitrogens is 4. The molecule has 0 aliphatic heterocycles. The molecule has 3 rings (SSSR count). The Kier molecular flexibility index (Phi) is 7.54. The van der Waals surface area contributed by atoms with Crippen molar-refractivity contribution >= 4 is 17.5 Å². The monoisotopic (exact) mass is 455 g/mol. The quantitative estimate of drug-likeness (QED) is 0.421. The third kappa shape index (κ3) is 5.43. The molecule has 0 aliphatic rings. The van der Waals surface area contributed by atoms with Gasteiger partial charge in [-0.05, 0) is 38.5 Å². The van der Waals surface area contributed by atoms with E-state index in [2.05, 4.69) is 31.2 Å². The molecule has 176 valence electrons. The zero-order valence-electron chi connectivity index (χ0n) is 19.6. The van der Waals surface area contributed by atoms with Crippen LogP contribution in [0.25, 0.3) is 5.82 Å². The molecule has 2 aromatic heterocycles. The molecular formula is C22H29N7O4. The number of hydrogen-bond acceptors (Lipinski definition) is 8. The fraction of sp³-hybridized carbons (Fsp3) is 0.364. The molecule has 11 heteroatoms. The van der Waals surface area contributed by atoms with Crippen molar-refractivity contribution in [1.29, 1.82) is 0 Å². The first-order valence-corrected chi connectivity index (χ1v) is 10.3. The Hall–Kier alpha value is -4.02. The lowest BCUT2D eigenvalue weighted by molar-refractivity contribution is 0.252. The van der Waals surface area contributed by atoms with E-state index in [1.807, 2.05) is 32.9 Å². The number of hydrogen-bond donors (Lipinski definition) is 3. The molecule has 0 radical (unpaired) electrons. The molecule has 3 aromatic rings. The highest BCUT2D eigenvalue weighted by molar-refractivity contribution is 5.90. The zero-order valence-corrected chi connectivity index (χ0v) is 19.6. The summed E-state index contributed by atoms with van der Waals surface area (Å²) in [5.41, 5.74) is 3.64. The van der Waals surface area contributed by atoms with Crippen LogP contribution in [0.4, 0.5) is 16.3 Å². The van der Waals surface area contributed by atoms with E-state index in [0.717, 1.165) is 17.0 Å². The Balaban J connectivity index is 1.50. The number of urea groups is 1. The van der Waals surface area contributed by atoms with E-state index < -0.39 is 0 Å². The first kappa shape index (κ1) is 23.6. The first-order chi connectivity index (χ1) is 15.9. The van der Waals surface area contributed by atoms with E-state index in [9.17, 15) is 4.79 Å². The van der Waals surface area contributed by atoms with E-state index in [4.69, 9.17) is 14.2 Å². The van der Waals surface area contributed by atoms with Crippen molar-refractivity contribution < 1.29 is 19.0 Å². The molecule has 0 spiro atoms. The van der Waals surface area contributed by atoms with Crippen molar-refractivity contribution in [1.82, 2.24) is 25.3 Å². The summed E-state index contributed by atoms with van der Waals surface area (Å²) in [4.78, 5) is 12.2. The van der Waals surface area contributed by atoms with Crippen molar-refractivity contribution in [2.45, 2.75) is 20.8 Å². The maximum absolute atomic E-state index is 12.2. The van der Waals surface area contributed by atoms with Gasteiger partial charge in [0.15, 0.2) is 17.3 Å². The van der Waals surface area contributed by atoms with Crippen molar-refractivity contribution in [3.8, 4) is 23.1 Å². The first-order valence-electron chi connectivity index (χ1n) is 10.3. The molecule has 0 bridgehead atoms. The molecule has 11 nitrogen and oxygen atoms in total. The number of ether oxygens (including phenoxy) is 3. The number of nitrogens with zero attached hydrogens (tertiary/aromatic N) is 4. The Morgan fingerprint density at radius 2 is 1.67 bits per heavy atom. The van der Waals surface area contributed by atoms with Gasteiger partial charge in [0.05, 0.1) is 32.7 Å². The lowest BCUT2D eigenvalue weighted by Gasteiger charge is -2.15. The fourth-order valence-corrected chi connectivity index (χ4v) is 3.17. The molecule has 2 heterocycles. The summed E-state index contributed by atoms with van der Waals surface area (Å²) in [6, 6.07) is 6.61. The predicted molar refractivity (Wildman–Crippen MR) is 125 cm³/mol. The highest BCUT2D eigenvalue weighted by Crippen LogP contribution is 2.39. The van der Waals surface area contributed by atoms with Crippen LogP contribution in [0.3, 0.4) is 0 Å². The molecule has 2 amide bonds. The maximum Gasteiger partial charge on any atom is 0.319 e. The third-order valence-electron chi connectivity index (χ3n) is 5.16. The average Bonchev–Trinajstić information content (AvgIpc) is 3.08. The van der Waals surface area contributed by atoms with Crippen molar-refractivity contribution in [2.75, 3.05) is 45.1 Å². The number of benzene rings is 1. The van der Waals surface area contributed by atoms with Gasteiger partial charge < -0.3 is 30.2 Å². The standard InChI is InChI=1S/C22H29N7O4/c1-13-14(2)28-29(15(13)3)20-8-7-19(26-27-20)23-9-10-24-22(30)25-16-11-17(31-4)21(33-6)18(12-16)32-5/h7-8,11-12H,9-10H2,1-6H3,(H,23,26)(H2,24,25,30). The van der Waals surface area contributed by atoms with E-state index >= 15 is 0 Å². The Morgan fingerprint density at radius 1 is 0.970 bits per heavy atom. The maximum atomic E-state index is 12.2. The second kappa shape index (κ2) is 10.5. The Morgan fingerprint density at radius 3 is 2.18 bits per heavy atom. The van der Waals surface area contributed by atoms with Gasteiger partial charge >= 0.3 is 6.03 Å². The van der Waals surface area contributed by atoms with E-state index in [-0.39, 0.29) is 6.03 Å². The van der Waals surface area contributed by atoms with Gasteiger partial charge in [-0.25, -0.2) is 9.48 Å². The number of amides is 2. The van der Waals surface area contributed by atoms with Gasteiger partial charge in [-0.2, -0.15) is 5.10 Å². The minimum absolute atomic E-state index is 0.368. The van der Waals surface area contributed by atoms with Crippen LogP contribution in [0.5, 0.6) is 17.2 Å². The minimum atomic E-state index is -0.368. The summed E-state index contributed by atoms with van der Waals surface area (Å²) in [5.74, 6) is 2.61. The summed E-state index contributed by atoms with van der Waals surface area (Å²) in [5, 5.41) is 21.5. The van der Waals surface area contributed by atoms with Crippen molar-refractivity contribution in [3.05, 3.63) is 41.2 Å². The van der Waals surface area contributed by atoms with Crippen LogP contribution in [0.2, 0.25) is 0 Å². The lowest BCUT2D eigenvalue weighted by Crippen LogP contribution is -2.32. The van der Waals surface area contributed by atoms with Crippen LogP contribution < -0.4 is 30.2 Å². The Labute approximate surface area is 192 Å². The number of anilines is 2. The highest BCUT2D eigenvalue weighted by atomic mass is 16.5. The summed E-state index contributed by atoms with van der Waals surface area (Å²) in [6.45, 7) is 6.83.